The summed E-state index contributed by atoms with van der Waals surface area (Å²) in [5.74, 6) is 1.18. The highest BCUT2D eigenvalue weighted by Crippen LogP contribution is 2.40. The Balaban J connectivity index is 2.50. The average Bonchev–Trinajstić information content (AvgIpc) is 2.46. The predicted octanol–water partition coefficient (Wildman–Crippen LogP) is 1.31. The van der Waals surface area contributed by atoms with Gasteiger partial charge >= 0.3 is 0 Å². The van der Waals surface area contributed by atoms with E-state index in [1.807, 2.05) is 19.2 Å². The maximum Gasteiger partial charge on any atom is 0.178 e. The molecule has 1 aliphatic rings. The first kappa shape index (κ1) is 15.8. The van der Waals surface area contributed by atoms with Gasteiger partial charge in [0.05, 0.1) is 16.2 Å². The third kappa shape index (κ3) is 2.62. The quantitative estimate of drug-likeness (QED) is 0.888. The largest absolute Gasteiger partial charge is 0.328 e. The monoisotopic (exact) mass is 314 g/mol. The molecule has 6 heteroatoms. The summed E-state index contributed by atoms with van der Waals surface area (Å²) in [6.45, 7) is 1.33. The van der Waals surface area contributed by atoms with E-state index >= 15 is 0 Å². The highest BCUT2D eigenvalue weighted by Gasteiger charge is 2.43. The summed E-state index contributed by atoms with van der Waals surface area (Å²) in [6.07, 6.45) is 2.63. The van der Waals surface area contributed by atoms with E-state index in [0.717, 1.165) is 17.9 Å². The van der Waals surface area contributed by atoms with E-state index in [2.05, 4.69) is 11.2 Å². The van der Waals surface area contributed by atoms with Gasteiger partial charge in [0.2, 0.25) is 0 Å². The van der Waals surface area contributed by atoms with Crippen LogP contribution >= 0.6 is 11.8 Å². The summed E-state index contributed by atoms with van der Waals surface area (Å²) < 4.78 is 24.5. The fourth-order valence-corrected chi connectivity index (χ4v) is 5.04. The van der Waals surface area contributed by atoms with Crippen LogP contribution in [0, 0.1) is 0 Å². The molecule has 1 unspecified atom stereocenters. The summed E-state index contributed by atoms with van der Waals surface area (Å²) in [4.78, 5) is 2.67. The molecule has 0 saturated heterocycles. The molecule has 0 amide bonds. The number of nitrogens with zero attached hydrogens (tertiary/aromatic N) is 1. The second-order valence-corrected chi connectivity index (χ2v) is 8.28. The molecule has 112 valence electrons. The summed E-state index contributed by atoms with van der Waals surface area (Å²) in [6, 6.07) is 7.29. The maximum absolute atomic E-state index is 12.2. The van der Waals surface area contributed by atoms with Crippen LogP contribution < -0.4 is 5.73 Å². The second kappa shape index (κ2) is 6.05. The van der Waals surface area contributed by atoms with Crippen LogP contribution in [-0.2, 0) is 15.4 Å². The number of hydrogen-bond donors (Lipinski definition) is 1. The SMILES string of the molecule is CSCCN(C)C1(CN)CCS(=O)(=O)c2ccccc21. The van der Waals surface area contributed by atoms with Gasteiger partial charge in [-0.1, -0.05) is 18.2 Å². The zero-order chi connectivity index (χ0) is 14.8. The zero-order valence-corrected chi connectivity index (χ0v) is 13.6. The van der Waals surface area contributed by atoms with E-state index in [1.165, 1.54) is 0 Å². The molecule has 20 heavy (non-hydrogen) atoms. The molecule has 0 spiro atoms. The molecule has 0 aliphatic carbocycles. The molecule has 0 aromatic heterocycles. The Kier molecular flexibility index (Phi) is 4.79. The van der Waals surface area contributed by atoms with E-state index in [4.69, 9.17) is 5.73 Å². The summed E-state index contributed by atoms with van der Waals surface area (Å²) in [5, 5.41) is 0. The molecular weight excluding hydrogens is 292 g/mol. The Hall–Kier alpha value is -0.560. The molecule has 1 aromatic carbocycles. The Morgan fingerprint density at radius 3 is 2.75 bits per heavy atom. The van der Waals surface area contributed by atoms with Crippen LogP contribution in [0.1, 0.15) is 12.0 Å². The van der Waals surface area contributed by atoms with E-state index < -0.39 is 9.84 Å². The van der Waals surface area contributed by atoms with Crippen molar-refractivity contribution in [3.05, 3.63) is 29.8 Å². The molecular formula is C14H22N2O2S2. The maximum atomic E-state index is 12.2. The van der Waals surface area contributed by atoms with Gasteiger partial charge in [-0.05, 0) is 31.4 Å². The normalized spacial score (nSPS) is 24.6. The van der Waals surface area contributed by atoms with Crippen molar-refractivity contribution < 1.29 is 8.42 Å². The van der Waals surface area contributed by atoms with Crippen molar-refractivity contribution in [2.24, 2.45) is 5.73 Å². The zero-order valence-electron chi connectivity index (χ0n) is 12.0. The van der Waals surface area contributed by atoms with Crippen LogP contribution in [0.4, 0.5) is 0 Å². The lowest BCUT2D eigenvalue weighted by atomic mass is 9.85. The average molecular weight is 314 g/mol. The molecule has 0 bridgehead atoms. The van der Waals surface area contributed by atoms with Crippen molar-refractivity contribution in [2.75, 3.05) is 37.9 Å². The van der Waals surface area contributed by atoms with Gasteiger partial charge in [-0.15, -0.1) is 0 Å². The number of rotatable bonds is 5. The third-order valence-electron chi connectivity index (χ3n) is 4.21. The van der Waals surface area contributed by atoms with Gasteiger partial charge in [0.15, 0.2) is 9.84 Å². The number of hydrogen-bond acceptors (Lipinski definition) is 5. The number of sulfone groups is 1. The topological polar surface area (TPSA) is 63.4 Å². The first-order chi connectivity index (χ1) is 9.48. The lowest BCUT2D eigenvalue weighted by Gasteiger charge is -2.45. The van der Waals surface area contributed by atoms with Crippen LogP contribution in [0.3, 0.4) is 0 Å². The van der Waals surface area contributed by atoms with Crippen molar-refractivity contribution in [3.63, 3.8) is 0 Å². The van der Waals surface area contributed by atoms with Gasteiger partial charge < -0.3 is 5.73 Å². The van der Waals surface area contributed by atoms with E-state index in [9.17, 15) is 8.42 Å². The highest BCUT2D eigenvalue weighted by atomic mass is 32.2. The molecule has 0 saturated carbocycles. The number of fused-ring (bicyclic) bond motifs is 1. The molecule has 2 N–H and O–H groups in total. The first-order valence-electron chi connectivity index (χ1n) is 6.70. The third-order valence-corrected chi connectivity index (χ3v) is 6.57. The molecule has 1 heterocycles. The molecule has 1 aliphatic heterocycles. The standard InChI is InChI=1S/C14H22N2O2S2/c1-16(8-9-19-2)14(11-15)7-10-20(17,18)13-6-4-3-5-12(13)14/h3-6H,7-11,15H2,1-2H3. The summed E-state index contributed by atoms with van der Waals surface area (Å²) in [5.41, 5.74) is 6.57. The Morgan fingerprint density at radius 2 is 2.10 bits per heavy atom. The van der Waals surface area contributed by atoms with Crippen LogP contribution in [0.2, 0.25) is 0 Å². The van der Waals surface area contributed by atoms with Gasteiger partial charge in [-0.25, -0.2) is 8.42 Å². The van der Waals surface area contributed by atoms with Gasteiger partial charge in [-0.3, -0.25) is 4.90 Å². The van der Waals surface area contributed by atoms with Gasteiger partial charge in [-0.2, -0.15) is 11.8 Å². The minimum Gasteiger partial charge on any atom is -0.328 e. The fraction of sp³-hybridized carbons (Fsp3) is 0.571. The Labute approximate surface area is 125 Å². The van der Waals surface area contributed by atoms with Crippen LogP contribution in [-0.4, -0.2) is 51.2 Å². The minimum absolute atomic E-state index is 0.171. The Morgan fingerprint density at radius 1 is 1.40 bits per heavy atom. The highest BCUT2D eigenvalue weighted by molar-refractivity contribution is 7.98. The van der Waals surface area contributed by atoms with Crippen molar-refractivity contribution in [2.45, 2.75) is 16.9 Å². The van der Waals surface area contributed by atoms with Gasteiger partial charge in [0, 0.05) is 18.8 Å². The number of benzene rings is 1. The predicted molar refractivity (Wildman–Crippen MR) is 84.9 cm³/mol. The van der Waals surface area contributed by atoms with Crippen LogP contribution in [0.15, 0.2) is 29.2 Å². The van der Waals surface area contributed by atoms with Crippen molar-refractivity contribution in [1.82, 2.24) is 4.90 Å². The van der Waals surface area contributed by atoms with Crippen LogP contribution in [0.25, 0.3) is 0 Å². The second-order valence-electron chi connectivity index (χ2n) is 5.22. The number of likely N-dealkylation sites (N-methyl/N-ethyl adjacent to an activating group) is 1. The van der Waals surface area contributed by atoms with Crippen molar-refractivity contribution in [1.29, 1.82) is 0 Å². The molecule has 0 radical (unpaired) electrons. The van der Waals surface area contributed by atoms with Crippen molar-refractivity contribution >= 4 is 21.6 Å². The smallest absolute Gasteiger partial charge is 0.178 e. The molecule has 2 rings (SSSR count). The number of nitrogens with two attached hydrogens (primary N) is 1. The lowest BCUT2D eigenvalue weighted by molar-refractivity contribution is 0.123. The molecule has 1 aromatic rings. The molecule has 1 atom stereocenters. The van der Waals surface area contributed by atoms with Gasteiger partial charge in [0.1, 0.15) is 0 Å². The van der Waals surface area contributed by atoms with Crippen molar-refractivity contribution in [3.8, 4) is 0 Å². The van der Waals surface area contributed by atoms with E-state index in [-0.39, 0.29) is 11.3 Å². The molecule has 0 fully saturated rings. The Bertz CT molecular complexity index is 574. The van der Waals surface area contributed by atoms with Crippen LogP contribution in [0.5, 0.6) is 0 Å². The summed E-state index contributed by atoms with van der Waals surface area (Å²) in [7, 11) is -1.13. The van der Waals surface area contributed by atoms with E-state index in [1.54, 1.807) is 23.9 Å². The fourth-order valence-electron chi connectivity index (χ4n) is 2.88. The molecule has 4 nitrogen and oxygen atoms in total. The summed E-state index contributed by atoms with van der Waals surface area (Å²) >= 11 is 1.78. The van der Waals surface area contributed by atoms with E-state index in [0.29, 0.717) is 17.9 Å². The first-order valence-corrected chi connectivity index (χ1v) is 9.75. The number of thioether (sulfide) groups is 1. The van der Waals surface area contributed by atoms with Gasteiger partial charge in [0.25, 0.3) is 0 Å². The lowest BCUT2D eigenvalue weighted by Crippen LogP contribution is -2.53. The minimum atomic E-state index is -3.16.